The van der Waals surface area contributed by atoms with Crippen LogP contribution in [0.5, 0.6) is 5.75 Å². The zero-order valence-electron chi connectivity index (χ0n) is 15.6. The number of rotatable bonds is 6. The minimum atomic E-state index is -0.620. The number of carbonyl (C=O) groups is 3. The van der Waals surface area contributed by atoms with Crippen LogP contribution < -0.4 is 4.74 Å². The molecular formula is C20H19NO6S. The predicted molar refractivity (Wildman–Crippen MR) is 104 cm³/mol. The first-order valence-electron chi connectivity index (χ1n) is 8.56. The Morgan fingerprint density at radius 3 is 2.54 bits per heavy atom. The topological polar surface area (TPSA) is 86.0 Å². The summed E-state index contributed by atoms with van der Waals surface area (Å²) in [4.78, 5) is 37.7. The molecule has 2 aromatic rings. The quantitative estimate of drug-likeness (QED) is 0.532. The van der Waals surface area contributed by atoms with Gasteiger partial charge < -0.3 is 13.9 Å². The van der Waals surface area contributed by atoms with E-state index in [0.717, 1.165) is 28.0 Å². The molecule has 0 N–H and O–H groups in total. The Morgan fingerprint density at radius 1 is 1.18 bits per heavy atom. The number of hydrogen-bond acceptors (Lipinski definition) is 7. The number of ether oxygens (including phenoxy) is 2. The molecule has 0 aliphatic carbocycles. The highest BCUT2D eigenvalue weighted by atomic mass is 32.2. The Bertz CT molecular complexity index is 928. The summed E-state index contributed by atoms with van der Waals surface area (Å²) >= 11 is 0.862. The molecule has 3 rings (SSSR count). The van der Waals surface area contributed by atoms with E-state index in [1.54, 1.807) is 6.08 Å². The van der Waals surface area contributed by atoms with Gasteiger partial charge >= 0.3 is 5.97 Å². The molecule has 2 amide bonds. The maximum Gasteiger partial charge on any atom is 0.373 e. The van der Waals surface area contributed by atoms with Crippen molar-refractivity contribution >= 4 is 35.0 Å². The number of carbonyl (C=O) groups excluding carboxylic acids is 3. The molecule has 2 heterocycles. The zero-order valence-corrected chi connectivity index (χ0v) is 16.4. The van der Waals surface area contributed by atoms with Gasteiger partial charge in [0.15, 0.2) is 0 Å². The van der Waals surface area contributed by atoms with Crippen LogP contribution in [0.15, 0.2) is 45.7 Å². The molecule has 0 bridgehead atoms. The first-order valence-corrected chi connectivity index (χ1v) is 9.38. The molecular weight excluding hydrogens is 382 g/mol. The summed E-state index contributed by atoms with van der Waals surface area (Å²) in [5.74, 6) is 0.0426. The summed E-state index contributed by atoms with van der Waals surface area (Å²) in [6.07, 6.45) is 1.73. The molecule has 1 aromatic heterocycles. The monoisotopic (exact) mass is 401 g/mol. The van der Waals surface area contributed by atoms with Crippen LogP contribution >= 0.6 is 11.8 Å². The second kappa shape index (κ2) is 8.35. The van der Waals surface area contributed by atoms with Crippen molar-refractivity contribution in [1.82, 2.24) is 4.90 Å². The highest BCUT2D eigenvalue weighted by Gasteiger charge is 2.35. The van der Waals surface area contributed by atoms with E-state index in [-0.39, 0.29) is 18.4 Å². The maximum absolute atomic E-state index is 12.6. The molecule has 1 aromatic carbocycles. The van der Waals surface area contributed by atoms with Crippen molar-refractivity contribution in [2.45, 2.75) is 26.5 Å². The van der Waals surface area contributed by atoms with Crippen molar-refractivity contribution in [3.8, 4) is 5.75 Å². The number of imide groups is 1. The van der Waals surface area contributed by atoms with E-state index in [1.807, 2.05) is 38.1 Å². The lowest BCUT2D eigenvalue weighted by molar-refractivity contribution is -0.123. The lowest BCUT2D eigenvalue weighted by Gasteiger charge is -2.10. The Labute approximate surface area is 166 Å². The summed E-state index contributed by atoms with van der Waals surface area (Å²) in [5.41, 5.74) is 0.785. The molecule has 0 radical (unpaired) electrons. The van der Waals surface area contributed by atoms with E-state index in [2.05, 4.69) is 4.74 Å². The number of benzene rings is 1. The number of esters is 1. The van der Waals surface area contributed by atoms with Gasteiger partial charge in [0.2, 0.25) is 5.76 Å². The number of hydrogen-bond donors (Lipinski definition) is 0. The third-order valence-electron chi connectivity index (χ3n) is 3.79. The van der Waals surface area contributed by atoms with Crippen LogP contribution in [0.4, 0.5) is 4.79 Å². The van der Waals surface area contributed by atoms with E-state index >= 15 is 0 Å². The summed E-state index contributed by atoms with van der Waals surface area (Å²) in [5, 5.41) is -0.396. The molecule has 1 saturated heterocycles. The van der Waals surface area contributed by atoms with Gasteiger partial charge in [-0.3, -0.25) is 14.5 Å². The minimum absolute atomic E-state index is 0.0173. The summed E-state index contributed by atoms with van der Waals surface area (Å²) < 4.78 is 15.5. The molecule has 28 heavy (non-hydrogen) atoms. The molecule has 0 unspecified atom stereocenters. The van der Waals surface area contributed by atoms with E-state index in [0.29, 0.717) is 10.7 Å². The molecule has 0 atom stereocenters. The van der Waals surface area contributed by atoms with E-state index < -0.39 is 17.1 Å². The fourth-order valence-corrected chi connectivity index (χ4v) is 3.37. The largest absolute Gasteiger partial charge is 0.491 e. The number of methoxy groups -OCH3 is 1. The van der Waals surface area contributed by atoms with Crippen LogP contribution in [0.2, 0.25) is 0 Å². The first kappa shape index (κ1) is 19.8. The minimum Gasteiger partial charge on any atom is -0.491 e. The lowest BCUT2D eigenvalue weighted by Crippen LogP contribution is -2.27. The number of thioether (sulfide) groups is 1. The fraction of sp³-hybridized carbons (Fsp3) is 0.250. The normalized spacial score (nSPS) is 15.6. The summed E-state index contributed by atoms with van der Waals surface area (Å²) in [6.45, 7) is 3.83. The third kappa shape index (κ3) is 4.45. The zero-order chi connectivity index (χ0) is 20.3. The SMILES string of the molecule is COC(=O)c1ccc(CN2C(=O)SC(=Cc3ccc(OC(C)C)cc3)C2=O)o1. The standard InChI is InChI=1S/C20H19NO6S/c1-12(2)26-14-6-4-13(5-7-14)10-17-18(22)21(20(24)28-17)11-15-8-9-16(27-15)19(23)25-3/h4-10,12H,11H2,1-3H3. The van der Waals surface area contributed by atoms with Crippen LogP contribution in [-0.2, 0) is 16.1 Å². The maximum atomic E-state index is 12.6. The van der Waals surface area contributed by atoms with E-state index in [9.17, 15) is 14.4 Å². The first-order chi connectivity index (χ1) is 13.4. The summed E-state index contributed by atoms with van der Waals surface area (Å²) in [6, 6.07) is 10.2. The Hall–Kier alpha value is -3.00. The molecule has 7 nitrogen and oxygen atoms in total. The van der Waals surface area contributed by atoms with E-state index in [1.165, 1.54) is 19.2 Å². The molecule has 0 spiro atoms. The van der Waals surface area contributed by atoms with Gasteiger partial charge in [-0.25, -0.2) is 4.79 Å². The molecule has 1 aliphatic heterocycles. The molecule has 1 fully saturated rings. The molecule has 1 aliphatic rings. The van der Waals surface area contributed by atoms with Gasteiger partial charge in [-0.2, -0.15) is 0 Å². The second-order valence-electron chi connectivity index (χ2n) is 6.26. The highest BCUT2D eigenvalue weighted by Crippen LogP contribution is 2.33. The van der Waals surface area contributed by atoms with Crippen molar-refractivity contribution in [2.75, 3.05) is 7.11 Å². The fourth-order valence-electron chi connectivity index (χ4n) is 2.53. The van der Waals surface area contributed by atoms with Crippen molar-refractivity contribution in [2.24, 2.45) is 0 Å². The van der Waals surface area contributed by atoms with Crippen LogP contribution in [0, 0.1) is 0 Å². The van der Waals surface area contributed by atoms with Gasteiger partial charge in [0.1, 0.15) is 11.5 Å². The third-order valence-corrected chi connectivity index (χ3v) is 4.69. The average Bonchev–Trinajstić information content (AvgIpc) is 3.23. The van der Waals surface area contributed by atoms with Crippen LogP contribution in [0.1, 0.15) is 35.7 Å². The van der Waals surface area contributed by atoms with Gasteiger partial charge in [-0.05, 0) is 61.5 Å². The van der Waals surface area contributed by atoms with E-state index in [4.69, 9.17) is 9.15 Å². The molecule has 8 heteroatoms. The Balaban J connectivity index is 1.71. The number of furan rings is 1. The van der Waals surface area contributed by atoms with Crippen LogP contribution in [0.3, 0.4) is 0 Å². The van der Waals surface area contributed by atoms with Crippen molar-refractivity contribution in [3.05, 3.63) is 58.4 Å². The van der Waals surface area contributed by atoms with Crippen LogP contribution in [-0.4, -0.2) is 35.2 Å². The molecule has 146 valence electrons. The Morgan fingerprint density at radius 2 is 1.89 bits per heavy atom. The highest BCUT2D eigenvalue weighted by molar-refractivity contribution is 8.18. The lowest BCUT2D eigenvalue weighted by atomic mass is 10.2. The van der Waals surface area contributed by atoms with Crippen molar-refractivity contribution in [3.63, 3.8) is 0 Å². The van der Waals surface area contributed by atoms with Gasteiger partial charge in [-0.15, -0.1) is 0 Å². The van der Waals surface area contributed by atoms with Crippen LogP contribution in [0.25, 0.3) is 6.08 Å². The molecule has 0 saturated carbocycles. The van der Waals surface area contributed by atoms with Gasteiger partial charge in [-0.1, -0.05) is 12.1 Å². The van der Waals surface area contributed by atoms with Gasteiger partial charge in [0, 0.05) is 0 Å². The van der Waals surface area contributed by atoms with Crippen molar-refractivity contribution in [1.29, 1.82) is 0 Å². The Kier molecular flexibility index (Phi) is 5.89. The second-order valence-corrected chi connectivity index (χ2v) is 7.25. The van der Waals surface area contributed by atoms with Gasteiger partial charge in [0.25, 0.3) is 11.1 Å². The van der Waals surface area contributed by atoms with Crippen molar-refractivity contribution < 1.29 is 28.3 Å². The smallest absolute Gasteiger partial charge is 0.373 e. The number of nitrogens with zero attached hydrogens (tertiary/aromatic N) is 1. The van der Waals surface area contributed by atoms with Gasteiger partial charge in [0.05, 0.1) is 24.7 Å². The number of amides is 2. The summed E-state index contributed by atoms with van der Waals surface area (Å²) in [7, 11) is 1.24. The predicted octanol–water partition coefficient (Wildman–Crippen LogP) is 4.09. The average molecular weight is 401 g/mol.